The van der Waals surface area contributed by atoms with Crippen LogP contribution in [-0.4, -0.2) is 67.3 Å². The molecule has 30 heavy (non-hydrogen) atoms. The van der Waals surface area contributed by atoms with Gasteiger partial charge in [-0.25, -0.2) is 8.42 Å². The predicted octanol–water partition coefficient (Wildman–Crippen LogP) is 1.27. The van der Waals surface area contributed by atoms with Gasteiger partial charge in [-0.15, -0.1) is 0 Å². The second-order valence-electron chi connectivity index (χ2n) is 6.84. The van der Waals surface area contributed by atoms with Crippen LogP contribution in [0, 0.1) is 10.1 Å². The molecule has 0 aromatic heterocycles. The molecule has 1 amide bonds. The molecule has 1 unspecified atom stereocenters. The highest BCUT2D eigenvalue weighted by molar-refractivity contribution is 7.89. The Hall–Kier alpha value is -3.18. The summed E-state index contributed by atoms with van der Waals surface area (Å²) in [7, 11) is -3.80. The lowest BCUT2D eigenvalue weighted by Crippen LogP contribution is -2.55. The smallest absolute Gasteiger partial charge is 0.269 e. The number of para-hydroxylation sites is 2. The van der Waals surface area contributed by atoms with Gasteiger partial charge in [0, 0.05) is 38.3 Å². The molecule has 11 heteroatoms. The quantitative estimate of drug-likeness (QED) is 0.526. The van der Waals surface area contributed by atoms with E-state index in [-0.39, 0.29) is 49.3 Å². The fourth-order valence-electron chi connectivity index (χ4n) is 3.38. The van der Waals surface area contributed by atoms with Crippen LogP contribution in [0.3, 0.4) is 0 Å². The number of nitro benzene ring substituents is 1. The molecular weight excluding hydrogens is 414 g/mol. The Morgan fingerprint density at radius 3 is 2.27 bits per heavy atom. The number of carbonyl (C=O) groups excluding carboxylic acids is 1. The summed E-state index contributed by atoms with van der Waals surface area (Å²) in [6, 6.07) is 11.8. The number of nitrogens with zero attached hydrogens (tertiary/aromatic N) is 3. The van der Waals surface area contributed by atoms with Crippen LogP contribution in [0.15, 0.2) is 53.4 Å². The van der Waals surface area contributed by atoms with Crippen molar-refractivity contribution in [3.8, 4) is 11.5 Å². The van der Waals surface area contributed by atoms with Crippen LogP contribution < -0.4 is 9.47 Å². The third kappa shape index (κ3) is 3.81. The second kappa shape index (κ2) is 7.92. The minimum Gasteiger partial charge on any atom is -0.485 e. The van der Waals surface area contributed by atoms with E-state index in [4.69, 9.17) is 9.47 Å². The van der Waals surface area contributed by atoms with Gasteiger partial charge >= 0.3 is 0 Å². The molecule has 0 N–H and O–H groups in total. The van der Waals surface area contributed by atoms with Crippen LogP contribution in [0.1, 0.15) is 0 Å². The lowest BCUT2D eigenvalue weighted by molar-refractivity contribution is -0.384. The molecule has 0 spiro atoms. The maximum atomic E-state index is 12.8. The monoisotopic (exact) mass is 433 g/mol. The predicted molar refractivity (Wildman–Crippen MR) is 105 cm³/mol. The number of ether oxygens (including phenoxy) is 2. The number of benzene rings is 2. The SMILES string of the molecule is O=C(C1COc2ccccc2O1)N1CCN(S(=O)(=O)c2ccc([N+](=O)[O-])cc2)CC1. The summed E-state index contributed by atoms with van der Waals surface area (Å²) in [5.41, 5.74) is -0.180. The Bertz CT molecular complexity index is 1060. The van der Waals surface area contributed by atoms with Crippen molar-refractivity contribution >= 4 is 21.6 Å². The number of carbonyl (C=O) groups is 1. The van der Waals surface area contributed by atoms with E-state index >= 15 is 0 Å². The summed E-state index contributed by atoms with van der Waals surface area (Å²) in [4.78, 5) is 24.5. The van der Waals surface area contributed by atoms with Crippen LogP contribution in [0.2, 0.25) is 0 Å². The fourth-order valence-corrected chi connectivity index (χ4v) is 4.80. The molecule has 0 aliphatic carbocycles. The molecule has 0 radical (unpaired) electrons. The van der Waals surface area contributed by atoms with E-state index in [1.54, 1.807) is 23.1 Å². The fraction of sp³-hybridized carbons (Fsp3) is 0.316. The van der Waals surface area contributed by atoms with Crippen molar-refractivity contribution in [2.45, 2.75) is 11.0 Å². The minimum absolute atomic E-state index is 0.0199. The Labute approximate surface area is 172 Å². The number of hydrogen-bond donors (Lipinski definition) is 0. The average Bonchev–Trinajstić information content (AvgIpc) is 2.78. The first-order valence-electron chi connectivity index (χ1n) is 9.28. The van der Waals surface area contributed by atoms with Gasteiger partial charge < -0.3 is 14.4 Å². The Morgan fingerprint density at radius 2 is 1.63 bits per heavy atom. The second-order valence-corrected chi connectivity index (χ2v) is 8.78. The number of non-ortho nitro benzene ring substituents is 1. The molecule has 4 rings (SSSR count). The van der Waals surface area contributed by atoms with Gasteiger partial charge in [0.2, 0.25) is 16.1 Å². The molecule has 2 heterocycles. The number of piperazine rings is 1. The van der Waals surface area contributed by atoms with Gasteiger partial charge in [-0.05, 0) is 24.3 Å². The van der Waals surface area contributed by atoms with Gasteiger partial charge in [-0.3, -0.25) is 14.9 Å². The van der Waals surface area contributed by atoms with Gasteiger partial charge in [-0.1, -0.05) is 12.1 Å². The summed E-state index contributed by atoms with van der Waals surface area (Å²) < 4.78 is 38.2. The first-order valence-corrected chi connectivity index (χ1v) is 10.7. The lowest BCUT2D eigenvalue weighted by Gasteiger charge is -2.36. The van der Waals surface area contributed by atoms with Gasteiger partial charge in [0.15, 0.2) is 11.5 Å². The van der Waals surface area contributed by atoms with Gasteiger partial charge in [0.25, 0.3) is 11.6 Å². The Kier molecular flexibility index (Phi) is 5.31. The molecule has 1 saturated heterocycles. The Balaban J connectivity index is 1.38. The van der Waals surface area contributed by atoms with E-state index in [1.807, 2.05) is 6.07 Å². The van der Waals surface area contributed by atoms with Gasteiger partial charge in [0.1, 0.15) is 6.61 Å². The summed E-state index contributed by atoms with van der Waals surface area (Å²) in [6.07, 6.45) is -0.780. The summed E-state index contributed by atoms with van der Waals surface area (Å²) in [5.74, 6) is 0.832. The number of amides is 1. The maximum Gasteiger partial charge on any atom is 0.269 e. The van der Waals surface area contributed by atoms with E-state index < -0.39 is 21.1 Å². The molecule has 2 aliphatic heterocycles. The zero-order chi connectivity index (χ0) is 21.3. The summed E-state index contributed by atoms with van der Waals surface area (Å²) >= 11 is 0. The number of rotatable bonds is 4. The van der Waals surface area contributed by atoms with Crippen molar-refractivity contribution in [2.24, 2.45) is 0 Å². The van der Waals surface area contributed by atoms with Crippen LogP contribution in [0.4, 0.5) is 5.69 Å². The molecule has 0 bridgehead atoms. The van der Waals surface area contributed by atoms with E-state index in [1.165, 1.54) is 16.4 Å². The van der Waals surface area contributed by atoms with Crippen molar-refractivity contribution in [3.63, 3.8) is 0 Å². The topological polar surface area (TPSA) is 119 Å². The van der Waals surface area contributed by atoms with Crippen LogP contribution >= 0.6 is 0 Å². The molecule has 2 aromatic rings. The highest BCUT2D eigenvalue weighted by atomic mass is 32.2. The van der Waals surface area contributed by atoms with E-state index in [0.717, 1.165) is 12.1 Å². The first kappa shape index (κ1) is 20.1. The van der Waals surface area contributed by atoms with Crippen molar-refractivity contribution in [2.75, 3.05) is 32.8 Å². The standard InChI is InChI=1S/C19H19N3O7S/c23-19(18-13-28-16-3-1-2-4-17(16)29-18)20-9-11-21(12-10-20)30(26,27)15-7-5-14(6-8-15)22(24)25/h1-8,18H,9-13H2. The number of nitro groups is 1. The number of hydrogen-bond acceptors (Lipinski definition) is 7. The van der Waals surface area contributed by atoms with E-state index in [0.29, 0.717) is 11.5 Å². The van der Waals surface area contributed by atoms with Gasteiger partial charge in [-0.2, -0.15) is 4.31 Å². The van der Waals surface area contributed by atoms with Gasteiger partial charge in [0.05, 0.1) is 9.82 Å². The zero-order valence-electron chi connectivity index (χ0n) is 15.8. The first-order chi connectivity index (χ1) is 14.4. The van der Waals surface area contributed by atoms with Crippen LogP contribution in [0.5, 0.6) is 11.5 Å². The molecule has 158 valence electrons. The van der Waals surface area contributed by atoms with Crippen molar-refractivity contribution in [1.29, 1.82) is 0 Å². The number of fused-ring (bicyclic) bond motifs is 1. The summed E-state index contributed by atoms with van der Waals surface area (Å²) in [6.45, 7) is 0.765. The zero-order valence-corrected chi connectivity index (χ0v) is 16.7. The molecule has 10 nitrogen and oxygen atoms in total. The molecule has 2 aromatic carbocycles. The highest BCUT2D eigenvalue weighted by Crippen LogP contribution is 2.31. The molecule has 0 saturated carbocycles. The lowest BCUT2D eigenvalue weighted by atomic mass is 10.2. The van der Waals surface area contributed by atoms with E-state index in [2.05, 4.69) is 0 Å². The number of sulfonamides is 1. The molecule has 2 aliphatic rings. The highest BCUT2D eigenvalue weighted by Gasteiger charge is 2.35. The molecular formula is C19H19N3O7S. The Morgan fingerprint density at radius 1 is 1.00 bits per heavy atom. The third-order valence-electron chi connectivity index (χ3n) is 5.02. The molecule has 1 atom stereocenters. The molecule has 1 fully saturated rings. The van der Waals surface area contributed by atoms with E-state index in [9.17, 15) is 23.3 Å². The normalized spacial score (nSPS) is 19.3. The van der Waals surface area contributed by atoms with Crippen LogP contribution in [0.25, 0.3) is 0 Å². The van der Waals surface area contributed by atoms with Crippen molar-refractivity contribution in [3.05, 3.63) is 58.6 Å². The van der Waals surface area contributed by atoms with Crippen LogP contribution in [-0.2, 0) is 14.8 Å². The summed E-state index contributed by atoms with van der Waals surface area (Å²) in [5, 5.41) is 10.8. The van der Waals surface area contributed by atoms with Crippen molar-refractivity contribution < 1.29 is 27.6 Å². The minimum atomic E-state index is -3.80. The largest absolute Gasteiger partial charge is 0.485 e. The van der Waals surface area contributed by atoms with Crippen molar-refractivity contribution in [1.82, 2.24) is 9.21 Å². The maximum absolute atomic E-state index is 12.8. The average molecular weight is 433 g/mol. The third-order valence-corrected chi connectivity index (χ3v) is 6.93.